The summed E-state index contributed by atoms with van der Waals surface area (Å²) in [5.41, 5.74) is 17.8. The van der Waals surface area contributed by atoms with Gasteiger partial charge in [0.2, 0.25) is 0 Å². The van der Waals surface area contributed by atoms with Crippen LogP contribution in [0.25, 0.3) is 67.2 Å². The summed E-state index contributed by atoms with van der Waals surface area (Å²) in [6, 6.07) is 60.0. The van der Waals surface area contributed by atoms with E-state index < -0.39 is 0 Å². The third-order valence-electron chi connectivity index (χ3n) is 9.97. The first-order valence-electron chi connectivity index (χ1n) is 17.9. The largest absolute Gasteiger partial charge is 0.360 e. The number of aromatic nitrogens is 1. The van der Waals surface area contributed by atoms with E-state index in [1.54, 1.807) is 0 Å². The minimum atomic E-state index is 0.501. The molecule has 0 saturated heterocycles. The molecule has 2 heterocycles. The second kappa shape index (κ2) is 13.9. The molecule has 7 aromatic rings. The van der Waals surface area contributed by atoms with E-state index in [-0.39, 0.29) is 0 Å². The van der Waals surface area contributed by atoms with Crippen molar-refractivity contribution in [2.45, 2.75) is 0 Å². The minimum Gasteiger partial charge on any atom is -0.360 e. The molecule has 1 aliphatic heterocycles. The molecule has 3 heteroatoms. The van der Waals surface area contributed by atoms with Crippen molar-refractivity contribution >= 4 is 17.0 Å². The third-order valence-corrected chi connectivity index (χ3v) is 9.97. The summed E-state index contributed by atoms with van der Waals surface area (Å²) >= 11 is 0. The standard InChI is InChI=1S/C50H35N3/c51-47-18-10-9-17-45(47)50-44-16-8-7-15-43(44)46(33-52-50)39-25-19-38(20-26-39)42-31-48(40-27-21-36(22-28-40)34-11-3-1-4-12-34)53-49(32-42)41-29-23-37(24-30-41)35-13-5-2-6-14-35/h1-33,51-52H/b50-45-,51-47?. The molecule has 2 aliphatic rings. The normalized spacial score (nSPS) is 14.7. The summed E-state index contributed by atoms with van der Waals surface area (Å²) in [6.07, 6.45) is 9.79. The number of allylic oxidation sites excluding steroid dienone is 5. The number of hydrogen-bond acceptors (Lipinski definition) is 3. The fraction of sp³-hybridized carbons (Fsp3) is 0. The molecular weight excluding hydrogens is 643 g/mol. The van der Waals surface area contributed by atoms with Crippen LogP contribution in [0.4, 0.5) is 0 Å². The summed E-state index contributed by atoms with van der Waals surface area (Å²) in [7, 11) is 0. The Kier molecular flexibility index (Phi) is 8.35. The monoisotopic (exact) mass is 677 g/mol. The number of nitrogens with zero attached hydrogens (tertiary/aromatic N) is 1. The van der Waals surface area contributed by atoms with Crippen molar-refractivity contribution in [1.82, 2.24) is 10.3 Å². The lowest BCUT2D eigenvalue weighted by Crippen LogP contribution is -2.17. The Labute approximate surface area is 310 Å². The Morgan fingerprint density at radius 3 is 1.38 bits per heavy atom. The molecule has 0 fully saturated rings. The first-order valence-corrected chi connectivity index (χ1v) is 17.9. The quantitative estimate of drug-likeness (QED) is 0.184. The van der Waals surface area contributed by atoms with E-state index in [1.807, 2.05) is 36.4 Å². The lowest BCUT2D eigenvalue weighted by Gasteiger charge is -2.24. The molecule has 2 N–H and O–H groups in total. The van der Waals surface area contributed by atoms with Gasteiger partial charge in [-0.15, -0.1) is 0 Å². The number of benzene rings is 6. The molecule has 0 saturated carbocycles. The smallest absolute Gasteiger partial charge is 0.0715 e. The van der Waals surface area contributed by atoms with Gasteiger partial charge in [0.15, 0.2) is 0 Å². The fourth-order valence-corrected chi connectivity index (χ4v) is 7.16. The average molecular weight is 678 g/mol. The molecule has 1 aliphatic carbocycles. The summed E-state index contributed by atoms with van der Waals surface area (Å²) in [5.74, 6) is 0. The number of rotatable bonds is 6. The van der Waals surface area contributed by atoms with Crippen molar-refractivity contribution in [3.05, 3.63) is 223 Å². The Morgan fingerprint density at radius 2 is 0.830 bits per heavy atom. The Balaban J connectivity index is 1.08. The van der Waals surface area contributed by atoms with Gasteiger partial charge in [0, 0.05) is 34.0 Å². The third kappa shape index (κ3) is 6.37. The Bertz CT molecular complexity index is 2490. The molecule has 6 aromatic carbocycles. The number of hydrogen-bond donors (Lipinski definition) is 2. The molecule has 0 atom stereocenters. The van der Waals surface area contributed by atoms with Crippen molar-refractivity contribution in [2.75, 3.05) is 0 Å². The molecule has 250 valence electrons. The van der Waals surface area contributed by atoms with E-state index in [0.717, 1.165) is 67.2 Å². The van der Waals surface area contributed by atoms with Gasteiger partial charge in [-0.1, -0.05) is 176 Å². The molecular formula is C50H35N3. The van der Waals surface area contributed by atoms with Crippen molar-refractivity contribution in [1.29, 1.82) is 5.41 Å². The van der Waals surface area contributed by atoms with Crippen molar-refractivity contribution in [3.63, 3.8) is 0 Å². The minimum absolute atomic E-state index is 0.501. The number of nitrogens with one attached hydrogen (secondary N) is 2. The predicted octanol–water partition coefficient (Wildman–Crippen LogP) is 12.3. The molecule has 3 nitrogen and oxygen atoms in total. The van der Waals surface area contributed by atoms with E-state index in [9.17, 15) is 0 Å². The van der Waals surface area contributed by atoms with Crippen LogP contribution >= 0.6 is 0 Å². The number of fused-ring (bicyclic) bond motifs is 1. The zero-order chi connectivity index (χ0) is 35.6. The Morgan fingerprint density at radius 1 is 0.396 bits per heavy atom. The first kappa shape index (κ1) is 31.9. The molecule has 0 spiro atoms. The zero-order valence-corrected chi connectivity index (χ0v) is 29.0. The molecule has 9 rings (SSSR count). The molecule has 0 bridgehead atoms. The van der Waals surface area contributed by atoms with Gasteiger partial charge in [-0.3, -0.25) is 0 Å². The van der Waals surface area contributed by atoms with E-state index in [4.69, 9.17) is 10.4 Å². The lowest BCUT2D eigenvalue weighted by molar-refractivity contribution is 1.17. The van der Waals surface area contributed by atoms with E-state index in [1.165, 1.54) is 22.3 Å². The summed E-state index contributed by atoms with van der Waals surface area (Å²) in [6.45, 7) is 0. The van der Waals surface area contributed by atoms with Crippen LogP contribution in [0.1, 0.15) is 16.7 Å². The van der Waals surface area contributed by atoms with Crippen molar-refractivity contribution < 1.29 is 0 Å². The zero-order valence-electron chi connectivity index (χ0n) is 29.0. The van der Waals surface area contributed by atoms with Gasteiger partial charge in [0.25, 0.3) is 0 Å². The highest BCUT2D eigenvalue weighted by molar-refractivity contribution is 6.15. The van der Waals surface area contributed by atoms with Gasteiger partial charge < -0.3 is 10.7 Å². The van der Waals surface area contributed by atoms with Crippen LogP contribution in [0.5, 0.6) is 0 Å². The van der Waals surface area contributed by atoms with E-state index >= 15 is 0 Å². The van der Waals surface area contributed by atoms with E-state index in [2.05, 4.69) is 169 Å². The highest BCUT2D eigenvalue weighted by Crippen LogP contribution is 2.37. The van der Waals surface area contributed by atoms with Crippen LogP contribution in [0, 0.1) is 5.41 Å². The SMILES string of the molecule is N=C1C=CC=C/C1=C1/NC=C(c2ccc(-c3cc(-c4ccc(-c5ccccc5)cc4)nc(-c4ccc(-c5ccccc5)cc4)c3)cc2)c2ccccc21. The lowest BCUT2D eigenvalue weighted by atomic mass is 9.87. The van der Waals surface area contributed by atoms with Crippen molar-refractivity contribution in [2.24, 2.45) is 0 Å². The second-order valence-electron chi connectivity index (χ2n) is 13.3. The van der Waals surface area contributed by atoms with Crippen LogP contribution < -0.4 is 5.32 Å². The van der Waals surface area contributed by atoms with Crippen LogP contribution in [0.15, 0.2) is 206 Å². The van der Waals surface area contributed by atoms with Gasteiger partial charge in [-0.05, 0) is 62.7 Å². The van der Waals surface area contributed by atoms with Gasteiger partial charge in [0.1, 0.15) is 0 Å². The summed E-state index contributed by atoms with van der Waals surface area (Å²) in [5, 5.41) is 12.0. The first-order chi connectivity index (χ1) is 26.2. The highest BCUT2D eigenvalue weighted by Gasteiger charge is 2.21. The maximum absolute atomic E-state index is 8.51. The molecule has 0 amide bonds. The summed E-state index contributed by atoms with van der Waals surface area (Å²) < 4.78 is 0. The van der Waals surface area contributed by atoms with Crippen LogP contribution in [0.2, 0.25) is 0 Å². The van der Waals surface area contributed by atoms with Gasteiger partial charge >= 0.3 is 0 Å². The maximum Gasteiger partial charge on any atom is 0.0715 e. The Hall–Kier alpha value is -7.10. The van der Waals surface area contributed by atoms with Crippen LogP contribution in [0.3, 0.4) is 0 Å². The van der Waals surface area contributed by atoms with E-state index in [0.29, 0.717) is 5.71 Å². The van der Waals surface area contributed by atoms with Crippen LogP contribution in [-0.2, 0) is 0 Å². The highest BCUT2D eigenvalue weighted by atomic mass is 14.9. The van der Waals surface area contributed by atoms with Crippen LogP contribution in [-0.4, -0.2) is 10.7 Å². The second-order valence-corrected chi connectivity index (χ2v) is 13.3. The topological polar surface area (TPSA) is 48.8 Å². The molecule has 0 radical (unpaired) electrons. The fourth-order valence-electron chi connectivity index (χ4n) is 7.16. The van der Waals surface area contributed by atoms with Crippen molar-refractivity contribution in [3.8, 4) is 55.9 Å². The molecule has 1 aromatic heterocycles. The van der Waals surface area contributed by atoms with Gasteiger partial charge in [-0.25, -0.2) is 4.98 Å². The average Bonchev–Trinajstić information content (AvgIpc) is 3.24. The molecule has 53 heavy (non-hydrogen) atoms. The van der Waals surface area contributed by atoms with Gasteiger partial charge in [0.05, 0.1) is 22.8 Å². The number of pyridine rings is 1. The maximum atomic E-state index is 8.51. The molecule has 0 unspecified atom stereocenters. The predicted molar refractivity (Wildman–Crippen MR) is 221 cm³/mol. The van der Waals surface area contributed by atoms with Gasteiger partial charge in [-0.2, -0.15) is 0 Å². The summed E-state index contributed by atoms with van der Waals surface area (Å²) in [4.78, 5) is 5.23.